The molecule has 0 fully saturated rings. The zero-order valence-corrected chi connectivity index (χ0v) is 12.3. The van der Waals surface area contributed by atoms with Crippen LogP contribution in [0.2, 0.25) is 0 Å². The van der Waals surface area contributed by atoms with Crippen molar-refractivity contribution in [3.05, 3.63) is 42.0 Å². The zero-order valence-electron chi connectivity index (χ0n) is 12.3. The third kappa shape index (κ3) is 5.95. The van der Waals surface area contributed by atoms with E-state index >= 15 is 0 Å². The summed E-state index contributed by atoms with van der Waals surface area (Å²) in [4.78, 5) is 22.0. The molecule has 1 rings (SSSR count). The number of carbonyl (C=O) groups excluding carboxylic acids is 2. The lowest BCUT2D eigenvalue weighted by Gasteiger charge is -2.08. The SMILES string of the molecule is CCOC(=O)/C=C/C=C/c1ccc(OC(C)=O)c(OC)c1. The van der Waals surface area contributed by atoms with E-state index in [1.165, 1.54) is 20.1 Å². The van der Waals surface area contributed by atoms with E-state index < -0.39 is 5.97 Å². The molecule has 0 aliphatic carbocycles. The van der Waals surface area contributed by atoms with Crippen molar-refractivity contribution in [2.45, 2.75) is 13.8 Å². The van der Waals surface area contributed by atoms with Crippen LogP contribution in [0.3, 0.4) is 0 Å². The summed E-state index contributed by atoms with van der Waals surface area (Å²) in [6.45, 7) is 3.42. The molecule has 0 heterocycles. The lowest BCUT2D eigenvalue weighted by Crippen LogP contribution is -2.02. The fourth-order valence-corrected chi connectivity index (χ4v) is 1.52. The third-order valence-corrected chi connectivity index (χ3v) is 2.36. The quantitative estimate of drug-likeness (QED) is 0.349. The summed E-state index contributed by atoms with van der Waals surface area (Å²) >= 11 is 0. The minimum absolute atomic E-state index is 0.349. The second-order valence-electron chi connectivity index (χ2n) is 3.97. The van der Waals surface area contributed by atoms with Gasteiger partial charge in [-0.25, -0.2) is 4.79 Å². The minimum Gasteiger partial charge on any atom is -0.493 e. The summed E-state index contributed by atoms with van der Waals surface area (Å²) in [5.41, 5.74) is 0.844. The van der Waals surface area contributed by atoms with Crippen LogP contribution in [0.25, 0.3) is 6.08 Å². The molecule has 0 aromatic heterocycles. The second kappa shape index (κ2) is 8.58. The van der Waals surface area contributed by atoms with Crippen LogP contribution in [0.5, 0.6) is 11.5 Å². The molecule has 21 heavy (non-hydrogen) atoms. The Labute approximate surface area is 123 Å². The molecule has 0 N–H and O–H groups in total. The smallest absolute Gasteiger partial charge is 0.330 e. The van der Waals surface area contributed by atoms with Gasteiger partial charge in [0.1, 0.15) is 0 Å². The summed E-state index contributed by atoms with van der Waals surface area (Å²) in [7, 11) is 1.50. The number of methoxy groups -OCH3 is 1. The summed E-state index contributed by atoms with van der Waals surface area (Å²) in [5, 5.41) is 0. The van der Waals surface area contributed by atoms with E-state index in [0.29, 0.717) is 18.1 Å². The third-order valence-electron chi connectivity index (χ3n) is 2.36. The van der Waals surface area contributed by atoms with Crippen molar-refractivity contribution in [1.82, 2.24) is 0 Å². The summed E-state index contributed by atoms with van der Waals surface area (Å²) in [6.07, 6.45) is 6.42. The summed E-state index contributed by atoms with van der Waals surface area (Å²) in [5.74, 6) is 0.0323. The van der Waals surface area contributed by atoms with Gasteiger partial charge in [-0.1, -0.05) is 24.3 Å². The van der Waals surface area contributed by atoms with Gasteiger partial charge < -0.3 is 14.2 Å². The maximum atomic E-state index is 11.1. The van der Waals surface area contributed by atoms with Crippen molar-refractivity contribution in [2.75, 3.05) is 13.7 Å². The standard InChI is InChI=1S/C16H18O5/c1-4-20-16(18)8-6-5-7-13-9-10-14(21-12(2)17)15(11-13)19-3/h5-11H,4H2,1-3H3/b7-5+,8-6+. The van der Waals surface area contributed by atoms with Crippen LogP contribution in [-0.4, -0.2) is 25.7 Å². The first kappa shape index (κ1) is 16.5. The molecule has 0 aliphatic rings. The van der Waals surface area contributed by atoms with Gasteiger partial charge in [0.25, 0.3) is 0 Å². The van der Waals surface area contributed by atoms with Crippen LogP contribution in [-0.2, 0) is 14.3 Å². The molecule has 0 saturated carbocycles. The molecule has 1 aromatic rings. The molecular formula is C16H18O5. The molecule has 0 bridgehead atoms. The Morgan fingerprint density at radius 1 is 1.19 bits per heavy atom. The molecule has 112 valence electrons. The van der Waals surface area contributed by atoms with Crippen LogP contribution in [0.15, 0.2) is 36.4 Å². The van der Waals surface area contributed by atoms with Crippen LogP contribution < -0.4 is 9.47 Å². The Morgan fingerprint density at radius 3 is 2.57 bits per heavy atom. The van der Waals surface area contributed by atoms with E-state index in [0.717, 1.165) is 5.56 Å². The number of rotatable bonds is 6. The second-order valence-corrected chi connectivity index (χ2v) is 3.97. The Morgan fingerprint density at radius 2 is 1.95 bits per heavy atom. The number of esters is 2. The summed E-state index contributed by atoms with van der Waals surface area (Å²) < 4.78 is 14.9. The molecule has 0 saturated heterocycles. The molecule has 0 aliphatic heterocycles. The van der Waals surface area contributed by atoms with Crippen LogP contribution >= 0.6 is 0 Å². The maximum absolute atomic E-state index is 11.1. The molecule has 5 nitrogen and oxygen atoms in total. The highest BCUT2D eigenvalue weighted by Crippen LogP contribution is 2.28. The highest BCUT2D eigenvalue weighted by atomic mass is 16.6. The van der Waals surface area contributed by atoms with Crippen molar-refractivity contribution < 1.29 is 23.8 Å². The fourth-order valence-electron chi connectivity index (χ4n) is 1.52. The van der Waals surface area contributed by atoms with Crippen molar-refractivity contribution >= 4 is 18.0 Å². The molecule has 0 atom stereocenters. The Hall–Kier alpha value is -2.56. The van der Waals surface area contributed by atoms with Crippen molar-refractivity contribution in [3.63, 3.8) is 0 Å². The Balaban J connectivity index is 2.76. The molecule has 0 unspecified atom stereocenters. The molecule has 0 spiro atoms. The Bertz CT molecular complexity index is 558. The van der Waals surface area contributed by atoms with Gasteiger partial charge in [-0.2, -0.15) is 0 Å². The monoisotopic (exact) mass is 290 g/mol. The number of hydrogen-bond acceptors (Lipinski definition) is 5. The van der Waals surface area contributed by atoms with Gasteiger partial charge in [-0.3, -0.25) is 4.79 Å². The first-order chi connectivity index (χ1) is 10.1. The van der Waals surface area contributed by atoms with Crippen molar-refractivity contribution in [2.24, 2.45) is 0 Å². The number of allylic oxidation sites excluding steroid dienone is 2. The fraction of sp³-hybridized carbons (Fsp3) is 0.250. The highest BCUT2D eigenvalue weighted by molar-refractivity contribution is 5.82. The van der Waals surface area contributed by atoms with Gasteiger partial charge in [0.2, 0.25) is 0 Å². The number of carbonyl (C=O) groups is 2. The molecule has 0 amide bonds. The molecular weight excluding hydrogens is 272 g/mol. The lowest BCUT2D eigenvalue weighted by molar-refractivity contribution is -0.137. The van der Waals surface area contributed by atoms with Gasteiger partial charge >= 0.3 is 11.9 Å². The van der Waals surface area contributed by atoms with Gasteiger partial charge in [0, 0.05) is 13.0 Å². The van der Waals surface area contributed by atoms with Gasteiger partial charge in [-0.05, 0) is 24.6 Å². The van der Waals surface area contributed by atoms with Crippen LogP contribution in [0.4, 0.5) is 0 Å². The van der Waals surface area contributed by atoms with Gasteiger partial charge in [0.05, 0.1) is 13.7 Å². The molecule has 0 radical (unpaired) electrons. The highest BCUT2D eigenvalue weighted by Gasteiger charge is 2.06. The maximum Gasteiger partial charge on any atom is 0.330 e. The zero-order chi connectivity index (χ0) is 15.7. The van der Waals surface area contributed by atoms with E-state index in [1.54, 1.807) is 43.4 Å². The van der Waals surface area contributed by atoms with Gasteiger partial charge in [0.15, 0.2) is 11.5 Å². The number of benzene rings is 1. The predicted octanol–water partition coefficient (Wildman–Crippen LogP) is 2.75. The first-order valence-electron chi connectivity index (χ1n) is 6.44. The average molecular weight is 290 g/mol. The normalized spacial score (nSPS) is 10.8. The molecule has 1 aromatic carbocycles. The Kier molecular flexibility index (Phi) is 6.74. The van der Waals surface area contributed by atoms with Crippen molar-refractivity contribution in [1.29, 1.82) is 0 Å². The van der Waals surface area contributed by atoms with E-state index in [4.69, 9.17) is 14.2 Å². The molecule has 5 heteroatoms. The first-order valence-corrected chi connectivity index (χ1v) is 6.44. The topological polar surface area (TPSA) is 61.8 Å². The largest absolute Gasteiger partial charge is 0.493 e. The number of hydrogen-bond donors (Lipinski definition) is 0. The lowest BCUT2D eigenvalue weighted by atomic mass is 10.2. The average Bonchev–Trinajstić information content (AvgIpc) is 2.44. The van der Waals surface area contributed by atoms with Crippen molar-refractivity contribution in [3.8, 4) is 11.5 Å². The van der Waals surface area contributed by atoms with E-state index in [1.807, 2.05) is 0 Å². The van der Waals surface area contributed by atoms with E-state index in [2.05, 4.69) is 0 Å². The van der Waals surface area contributed by atoms with Gasteiger partial charge in [-0.15, -0.1) is 0 Å². The van der Waals surface area contributed by atoms with Crippen LogP contribution in [0, 0.1) is 0 Å². The van der Waals surface area contributed by atoms with Crippen LogP contribution in [0.1, 0.15) is 19.4 Å². The number of ether oxygens (including phenoxy) is 3. The minimum atomic E-state index is -0.408. The summed E-state index contributed by atoms with van der Waals surface area (Å²) in [6, 6.07) is 5.15. The van der Waals surface area contributed by atoms with E-state index in [-0.39, 0.29) is 5.97 Å². The predicted molar refractivity (Wildman–Crippen MR) is 79.1 cm³/mol. The van der Waals surface area contributed by atoms with E-state index in [9.17, 15) is 9.59 Å².